The van der Waals surface area contributed by atoms with Crippen molar-refractivity contribution in [2.24, 2.45) is 23.2 Å². The number of sulfone groups is 1. The molecule has 0 aromatic heterocycles. The smallest absolute Gasteiger partial charge is 0.251 e. The summed E-state index contributed by atoms with van der Waals surface area (Å²) in [4.78, 5) is 13.0. The molecule has 2 atom stereocenters. The van der Waals surface area contributed by atoms with E-state index in [0.717, 1.165) is 17.8 Å². The Hall–Kier alpha value is -1.45. The molecule has 176 valence electrons. The highest BCUT2D eigenvalue weighted by molar-refractivity contribution is 7.92. The summed E-state index contributed by atoms with van der Waals surface area (Å²) in [5.41, 5.74) is 0.642. The van der Waals surface area contributed by atoms with Gasteiger partial charge in [-0.25, -0.2) is 21.6 Å². The lowest BCUT2D eigenvalue weighted by Crippen LogP contribution is -2.55. The SMILES string of the molecule is C[C@H](NC(=O)c1ccc(S(=O)(=O)N[C@@H]2CCS(=O)(=O)C2)cc1)C12CC3CC(CC(C3)C1)C2. The number of rotatable bonds is 6. The molecule has 9 heteroatoms. The highest BCUT2D eigenvalue weighted by Crippen LogP contribution is 2.61. The maximum absolute atomic E-state index is 12.9. The Morgan fingerprint density at radius 2 is 1.59 bits per heavy atom. The maximum atomic E-state index is 12.9. The molecule has 1 amide bonds. The number of carbonyl (C=O) groups excluding carboxylic acids is 1. The van der Waals surface area contributed by atoms with E-state index in [1.807, 2.05) is 0 Å². The topological polar surface area (TPSA) is 109 Å². The van der Waals surface area contributed by atoms with Crippen LogP contribution in [0.1, 0.15) is 62.2 Å². The average molecular weight is 481 g/mol. The molecule has 1 aromatic carbocycles. The van der Waals surface area contributed by atoms with Gasteiger partial charge >= 0.3 is 0 Å². The lowest BCUT2D eigenvalue weighted by Gasteiger charge is -2.59. The van der Waals surface area contributed by atoms with E-state index in [-0.39, 0.29) is 40.2 Å². The van der Waals surface area contributed by atoms with Gasteiger partial charge in [-0.2, -0.15) is 0 Å². The second-order valence-corrected chi connectivity index (χ2v) is 14.7. The van der Waals surface area contributed by atoms with Crippen molar-refractivity contribution in [3.8, 4) is 0 Å². The second kappa shape index (κ2) is 7.81. The van der Waals surface area contributed by atoms with E-state index in [2.05, 4.69) is 17.0 Å². The van der Waals surface area contributed by atoms with Crippen LogP contribution < -0.4 is 10.0 Å². The summed E-state index contributed by atoms with van der Waals surface area (Å²) in [6, 6.07) is 5.38. The van der Waals surface area contributed by atoms with E-state index in [1.54, 1.807) is 0 Å². The lowest BCUT2D eigenvalue weighted by molar-refractivity contribution is -0.0688. The van der Waals surface area contributed by atoms with Gasteiger partial charge in [0.15, 0.2) is 9.84 Å². The monoisotopic (exact) mass is 480 g/mol. The molecule has 7 nitrogen and oxygen atoms in total. The van der Waals surface area contributed by atoms with Gasteiger partial charge in [0.1, 0.15) is 0 Å². The first-order valence-electron chi connectivity index (χ1n) is 11.7. The normalized spacial score (nSPS) is 36.2. The van der Waals surface area contributed by atoms with E-state index < -0.39 is 25.9 Å². The van der Waals surface area contributed by atoms with Crippen molar-refractivity contribution in [2.75, 3.05) is 11.5 Å². The first-order valence-corrected chi connectivity index (χ1v) is 15.0. The first-order chi connectivity index (χ1) is 15.0. The number of amides is 1. The fourth-order valence-corrected chi connectivity index (χ4v) is 10.2. The predicted molar refractivity (Wildman–Crippen MR) is 121 cm³/mol. The molecule has 5 fully saturated rings. The second-order valence-electron chi connectivity index (χ2n) is 10.7. The fourth-order valence-electron chi connectivity index (χ4n) is 7.10. The van der Waals surface area contributed by atoms with Crippen LogP contribution in [0.5, 0.6) is 0 Å². The van der Waals surface area contributed by atoms with E-state index in [4.69, 9.17) is 0 Å². The average Bonchev–Trinajstić information content (AvgIpc) is 3.04. The zero-order chi connectivity index (χ0) is 22.7. The van der Waals surface area contributed by atoms with E-state index in [9.17, 15) is 21.6 Å². The fraction of sp³-hybridized carbons (Fsp3) is 0.696. The molecule has 4 bridgehead atoms. The molecule has 2 N–H and O–H groups in total. The summed E-state index contributed by atoms with van der Waals surface area (Å²) >= 11 is 0. The number of sulfonamides is 1. The highest BCUT2D eigenvalue weighted by atomic mass is 32.2. The van der Waals surface area contributed by atoms with Crippen LogP contribution in [0.15, 0.2) is 29.2 Å². The van der Waals surface area contributed by atoms with Gasteiger partial charge in [0, 0.05) is 17.6 Å². The van der Waals surface area contributed by atoms with E-state index in [0.29, 0.717) is 5.56 Å². The maximum Gasteiger partial charge on any atom is 0.251 e. The standard InChI is InChI=1S/C23H32N2O5S2/c1-15(23-11-16-8-17(12-23)10-18(9-16)13-23)24-22(26)19-2-4-21(5-3-19)32(29,30)25-20-6-7-31(27,28)14-20/h2-5,15-18,20,25H,6-14H2,1H3,(H,24,26)/t15-,16?,17?,18?,20+,23?/m0/s1. The van der Waals surface area contributed by atoms with Crippen molar-refractivity contribution in [3.63, 3.8) is 0 Å². The highest BCUT2D eigenvalue weighted by Gasteiger charge is 2.53. The molecule has 0 radical (unpaired) electrons. The number of hydrogen-bond acceptors (Lipinski definition) is 5. The van der Waals surface area contributed by atoms with Crippen molar-refractivity contribution in [1.82, 2.24) is 10.0 Å². The molecule has 1 aliphatic heterocycles. The molecule has 5 aliphatic rings. The van der Waals surface area contributed by atoms with Gasteiger partial charge in [-0.1, -0.05) is 0 Å². The third kappa shape index (κ3) is 4.23. The first kappa shape index (κ1) is 22.3. The molecule has 0 unspecified atom stereocenters. The predicted octanol–water partition coefficient (Wildman–Crippen LogP) is 2.49. The van der Waals surface area contributed by atoms with Crippen molar-refractivity contribution in [3.05, 3.63) is 29.8 Å². The van der Waals surface area contributed by atoms with Crippen LogP contribution in [0, 0.1) is 23.2 Å². The molecular formula is C23H32N2O5S2. The Balaban J connectivity index is 1.24. The summed E-state index contributed by atoms with van der Waals surface area (Å²) in [6.07, 6.45) is 7.98. The summed E-state index contributed by atoms with van der Waals surface area (Å²) in [5.74, 6) is 2.09. The number of benzene rings is 1. The van der Waals surface area contributed by atoms with Crippen LogP contribution in [-0.4, -0.2) is 46.3 Å². The molecule has 4 saturated carbocycles. The van der Waals surface area contributed by atoms with Crippen molar-refractivity contribution < 1.29 is 21.6 Å². The Kier molecular flexibility index (Phi) is 5.45. The zero-order valence-corrected chi connectivity index (χ0v) is 20.1. The molecule has 1 aromatic rings. The Bertz CT molecular complexity index is 1080. The van der Waals surface area contributed by atoms with Crippen molar-refractivity contribution in [1.29, 1.82) is 0 Å². The van der Waals surface area contributed by atoms with Gasteiger partial charge in [-0.05, 0) is 99.3 Å². The van der Waals surface area contributed by atoms with Crippen LogP contribution in [0.2, 0.25) is 0 Å². The van der Waals surface area contributed by atoms with E-state index >= 15 is 0 Å². The molecule has 0 spiro atoms. The van der Waals surface area contributed by atoms with Gasteiger partial charge in [-0.3, -0.25) is 4.79 Å². The number of carbonyl (C=O) groups is 1. The van der Waals surface area contributed by atoms with Gasteiger partial charge in [0.25, 0.3) is 5.91 Å². The Labute approximate surface area is 190 Å². The van der Waals surface area contributed by atoms with Gasteiger partial charge in [-0.15, -0.1) is 0 Å². The van der Waals surface area contributed by atoms with Crippen LogP contribution in [0.4, 0.5) is 0 Å². The number of hydrogen-bond donors (Lipinski definition) is 2. The minimum Gasteiger partial charge on any atom is -0.349 e. The van der Waals surface area contributed by atoms with Gasteiger partial charge < -0.3 is 5.32 Å². The van der Waals surface area contributed by atoms with Crippen molar-refractivity contribution >= 4 is 25.8 Å². The summed E-state index contributed by atoms with van der Waals surface area (Å²) in [7, 11) is -7.01. The lowest BCUT2D eigenvalue weighted by atomic mass is 9.48. The third-order valence-electron chi connectivity index (χ3n) is 8.33. The van der Waals surface area contributed by atoms with Crippen LogP contribution in [0.3, 0.4) is 0 Å². The van der Waals surface area contributed by atoms with E-state index in [1.165, 1.54) is 62.8 Å². The Morgan fingerprint density at radius 1 is 1.03 bits per heavy atom. The zero-order valence-electron chi connectivity index (χ0n) is 18.4. The molecule has 4 aliphatic carbocycles. The third-order valence-corrected chi connectivity index (χ3v) is 11.6. The van der Waals surface area contributed by atoms with Crippen molar-refractivity contribution in [2.45, 2.75) is 68.8 Å². The minimum atomic E-state index is -3.84. The van der Waals surface area contributed by atoms with Gasteiger partial charge in [0.05, 0.1) is 16.4 Å². The molecule has 1 heterocycles. The number of nitrogens with one attached hydrogen (secondary N) is 2. The molecule has 6 rings (SSSR count). The van der Waals surface area contributed by atoms with Crippen LogP contribution in [-0.2, 0) is 19.9 Å². The quantitative estimate of drug-likeness (QED) is 0.650. The Morgan fingerprint density at radius 3 is 2.09 bits per heavy atom. The molecule has 32 heavy (non-hydrogen) atoms. The molecule has 1 saturated heterocycles. The van der Waals surface area contributed by atoms with Crippen LogP contribution >= 0.6 is 0 Å². The largest absolute Gasteiger partial charge is 0.349 e. The molecular weight excluding hydrogens is 448 g/mol. The summed E-state index contributed by atoms with van der Waals surface area (Å²) in [6.45, 7) is 2.13. The summed E-state index contributed by atoms with van der Waals surface area (Å²) in [5, 5.41) is 3.21. The minimum absolute atomic E-state index is 0.00120. The van der Waals surface area contributed by atoms with Gasteiger partial charge in [0.2, 0.25) is 10.0 Å². The summed E-state index contributed by atoms with van der Waals surface area (Å²) < 4.78 is 50.9. The van der Waals surface area contributed by atoms with Crippen LogP contribution in [0.25, 0.3) is 0 Å².